The van der Waals surface area contributed by atoms with E-state index >= 15 is 0 Å². The van der Waals surface area contributed by atoms with E-state index in [0.29, 0.717) is 4.59 Å². The van der Waals surface area contributed by atoms with Crippen LogP contribution in [0, 0.1) is 6.92 Å². The summed E-state index contributed by atoms with van der Waals surface area (Å²) >= 11 is 0. The molecule has 5 nitrogen and oxygen atoms in total. The average Bonchev–Trinajstić information content (AvgIpc) is 1.99. The number of hydrogen-bond acceptors (Lipinski definition) is 4. The predicted molar refractivity (Wildman–Crippen MR) is 61.4 cm³/mol. The molecule has 92 valence electrons. The summed E-state index contributed by atoms with van der Waals surface area (Å²) in [6, 6.07) is 5.78. The molecule has 1 aromatic rings. The summed E-state index contributed by atoms with van der Waals surface area (Å²) in [4.78, 5) is -0.178. The van der Waals surface area contributed by atoms with Crippen LogP contribution in [0.25, 0.3) is 0 Å². The molecule has 0 saturated heterocycles. The molecule has 0 heterocycles. The van der Waals surface area contributed by atoms with E-state index in [4.69, 9.17) is 5.84 Å². The van der Waals surface area contributed by atoms with Crippen LogP contribution in [0.2, 0.25) is 0 Å². The first-order chi connectivity index (χ1) is 7.00. The molecular formula is C10H18N2O3S. The first-order valence-corrected chi connectivity index (χ1v) is 6.03. The quantitative estimate of drug-likeness (QED) is 0.338. The second-order valence-corrected chi connectivity index (χ2v) is 5.76. The molecule has 0 aliphatic carbocycles. The van der Waals surface area contributed by atoms with E-state index in [1.807, 2.05) is 28.1 Å². The number of rotatable bonds is 1. The van der Waals surface area contributed by atoms with Crippen molar-refractivity contribution in [3.8, 4) is 0 Å². The zero-order chi connectivity index (χ0) is 13.0. The molecule has 0 amide bonds. The number of hydrogen-bond donors (Lipinski definition) is 1. The van der Waals surface area contributed by atoms with Crippen molar-refractivity contribution in [1.29, 1.82) is 0 Å². The molecule has 1 rings (SSSR count). The van der Waals surface area contributed by atoms with E-state index < -0.39 is 10.1 Å². The molecular weight excluding hydrogens is 228 g/mol. The zero-order valence-corrected chi connectivity index (χ0v) is 10.8. The van der Waals surface area contributed by atoms with E-state index in [-0.39, 0.29) is 4.90 Å². The maximum atomic E-state index is 10.4. The van der Waals surface area contributed by atoms with Gasteiger partial charge < -0.3 is 4.55 Å². The lowest BCUT2D eigenvalue weighted by atomic mass is 10.2. The average molecular weight is 246 g/mol. The Hall–Kier alpha value is -0.950. The number of benzene rings is 1. The standard InChI is InChI=1S/C7H8O3S.C3H11N2/c1-6-2-4-7(5-3-6)11(8,9)10;1-5(2,3)4/h2-5H,1H3,(H,8,9,10);4H2,1-3H3/q;+1/p-1. The van der Waals surface area contributed by atoms with Gasteiger partial charge in [0.1, 0.15) is 10.1 Å². The third kappa shape index (κ3) is 8.37. The molecule has 16 heavy (non-hydrogen) atoms. The van der Waals surface area contributed by atoms with Crippen LogP contribution in [0.4, 0.5) is 0 Å². The summed E-state index contributed by atoms with van der Waals surface area (Å²) in [5.74, 6) is 5.29. The van der Waals surface area contributed by atoms with Crippen molar-refractivity contribution in [1.82, 2.24) is 0 Å². The lowest BCUT2D eigenvalue weighted by Gasteiger charge is -2.12. The van der Waals surface area contributed by atoms with Crippen LogP contribution >= 0.6 is 0 Å². The monoisotopic (exact) mass is 246 g/mol. The maximum absolute atomic E-state index is 10.4. The summed E-state index contributed by atoms with van der Waals surface area (Å²) in [5.41, 5.74) is 0.928. The zero-order valence-electron chi connectivity index (χ0n) is 9.97. The second-order valence-electron chi connectivity index (χ2n) is 4.38. The highest BCUT2D eigenvalue weighted by atomic mass is 32.2. The fourth-order valence-corrected chi connectivity index (χ4v) is 1.17. The molecule has 0 fully saturated rings. The number of aryl methyl sites for hydroxylation is 1. The van der Waals surface area contributed by atoms with Crippen LogP contribution in [0.15, 0.2) is 29.2 Å². The van der Waals surface area contributed by atoms with Gasteiger partial charge in [-0.3, -0.25) is 4.59 Å². The fraction of sp³-hybridized carbons (Fsp3) is 0.400. The van der Waals surface area contributed by atoms with Gasteiger partial charge in [-0.1, -0.05) is 17.7 Å². The van der Waals surface area contributed by atoms with Gasteiger partial charge >= 0.3 is 0 Å². The fourth-order valence-electron chi connectivity index (χ4n) is 0.705. The lowest BCUT2D eigenvalue weighted by Crippen LogP contribution is -2.41. The van der Waals surface area contributed by atoms with Crippen molar-refractivity contribution in [2.45, 2.75) is 11.8 Å². The van der Waals surface area contributed by atoms with E-state index in [9.17, 15) is 13.0 Å². The Morgan fingerprint density at radius 2 is 1.44 bits per heavy atom. The highest BCUT2D eigenvalue weighted by Crippen LogP contribution is 2.08. The third-order valence-electron chi connectivity index (χ3n) is 1.31. The van der Waals surface area contributed by atoms with Crippen LogP contribution in [0.3, 0.4) is 0 Å². The van der Waals surface area contributed by atoms with Crippen molar-refractivity contribution in [2.75, 3.05) is 21.1 Å². The number of nitrogens with zero attached hydrogens (tertiary/aromatic N) is 1. The highest BCUT2D eigenvalue weighted by molar-refractivity contribution is 7.85. The molecule has 0 radical (unpaired) electrons. The van der Waals surface area contributed by atoms with Crippen LogP contribution in [-0.2, 0) is 10.1 Å². The Kier molecular flexibility index (Phi) is 5.08. The van der Waals surface area contributed by atoms with Crippen molar-refractivity contribution >= 4 is 10.1 Å². The minimum absolute atomic E-state index is 0.178. The molecule has 0 aliphatic rings. The van der Waals surface area contributed by atoms with Crippen LogP contribution in [0.5, 0.6) is 0 Å². The van der Waals surface area contributed by atoms with E-state index in [2.05, 4.69) is 0 Å². The summed E-state index contributed by atoms with van der Waals surface area (Å²) in [6.07, 6.45) is 0. The smallest absolute Gasteiger partial charge is 0.124 e. The molecule has 0 spiro atoms. The molecule has 1 aromatic carbocycles. The van der Waals surface area contributed by atoms with Gasteiger partial charge in [0.25, 0.3) is 0 Å². The molecule has 0 aromatic heterocycles. The molecule has 2 N–H and O–H groups in total. The van der Waals surface area contributed by atoms with Gasteiger partial charge in [-0.25, -0.2) is 8.42 Å². The van der Waals surface area contributed by atoms with Crippen LogP contribution < -0.4 is 5.84 Å². The Balaban J connectivity index is 0.000000385. The molecule has 0 aliphatic heterocycles. The Morgan fingerprint density at radius 3 is 1.69 bits per heavy atom. The minimum atomic E-state index is -4.27. The van der Waals surface area contributed by atoms with Gasteiger partial charge in [-0.2, -0.15) is 5.84 Å². The summed E-state index contributed by atoms with van der Waals surface area (Å²) < 4.78 is 31.7. The summed E-state index contributed by atoms with van der Waals surface area (Å²) in [6.45, 7) is 1.82. The lowest BCUT2D eigenvalue weighted by molar-refractivity contribution is -0.882. The van der Waals surface area contributed by atoms with E-state index in [1.165, 1.54) is 12.1 Å². The number of quaternary nitrogens is 1. The van der Waals surface area contributed by atoms with Crippen molar-refractivity contribution < 1.29 is 17.6 Å². The molecule has 0 bridgehead atoms. The largest absolute Gasteiger partial charge is 0.744 e. The topological polar surface area (TPSA) is 83.2 Å². The second kappa shape index (κ2) is 5.40. The van der Waals surface area contributed by atoms with E-state index in [1.54, 1.807) is 12.1 Å². The molecule has 0 atom stereocenters. The summed E-state index contributed by atoms with van der Waals surface area (Å²) in [7, 11) is 1.44. The maximum Gasteiger partial charge on any atom is 0.124 e. The normalized spacial score (nSPS) is 11.6. The van der Waals surface area contributed by atoms with E-state index in [0.717, 1.165) is 5.56 Å². The first kappa shape index (κ1) is 15.0. The van der Waals surface area contributed by atoms with Crippen molar-refractivity contribution in [3.63, 3.8) is 0 Å². The first-order valence-electron chi connectivity index (χ1n) is 4.63. The molecule has 6 heteroatoms. The Morgan fingerprint density at radius 1 is 1.12 bits per heavy atom. The van der Waals surface area contributed by atoms with Crippen molar-refractivity contribution in [2.24, 2.45) is 5.84 Å². The van der Waals surface area contributed by atoms with Crippen LogP contribution in [-0.4, -0.2) is 38.7 Å². The van der Waals surface area contributed by atoms with Crippen molar-refractivity contribution in [3.05, 3.63) is 29.8 Å². The van der Waals surface area contributed by atoms with Gasteiger partial charge in [0.05, 0.1) is 26.0 Å². The van der Waals surface area contributed by atoms with Gasteiger partial charge in [0.2, 0.25) is 0 Å². The van der Waals surface area contributed by atoms with Gasteiger partial charge in [0, 0.05) is 0 Å². The Labute approximate surface area is 96.8 Å². The van der Waals surface area contributed by atoms with Crippen LogP contribution in [0.1, 0.15) is 5.56 Å². The third-order valence-corrected chi connectivity index (χ3v) is 2.16. The minimum Gasteiger partial charge on any atom is -0.744 e. The molecule has 0 saturated carbocycles. The molecule has 0 unspecified atom stereocenters. The van der Waals surface area contributed by atoms with Gasteiger partial charge in [-0.15, -0.1) is 0 Å². The van der Waals surface area contributed by atoms with Gasteiger partial charge in [0.15, 0.2) is 0 Å². The summed E-state index contributed by atoms with van der Waals surface area (Å²) in [5, 5.41) is 0. The Bertz CT molecular complexity index is 412. The number of nitrogens with two attached hydrogens (primary N) is 1. The van der Waals surface area contributed by atoms with Gasteiger partial charge in [-0.05, 0) is 19.1 Å². The predicted octanol–water partition coefficient (Wildman–Crippen LogP) is 0.465. The SMILES string of the molecule is C[N+](C)(C)N.Cc1ccc(S(=O)(=O)[O-])cc1. The highest BCUT2D eigenvalue weighted by Gasteiger charge is 1.97.